The molecule has 2 N–H and O–H groups in total. The quantitative estimate of drug-likeness (QED) is 0.265. The lowest BCUT2D eigenvalue weighted by atomic mass is 9.81. The van der Waals surface area contributed by atoms with Gasteiger partial charge in [-0.15, -0.1) is 0 Å². The van der Waals surface area contributed by atoms with Gasteiger partial charge in [0.1, 0.15) is 0 Å². The molecule has 34 heavy (non-hydrogen) atoms. The summed E-state index contributed by atoms with van der Waals surface area (Å²) in [6, 6.07) is 31.1. The second-order valence-electron chi connectivity index (χ2n) is 10.9. The van der Waals surface area contributed by atoms with Crippen LogP contribution in [-0.4, -0.2) is 4.57 Å². The van der Waals surface area contributed by atoms with Crippen molar-refractivity contribution in [2.24, 2.45) is 0 Å². The Kier molecular flexibility index (Phi) is 3.59. The molecule has 0 aliphatic heterocycles. The molecule has 0 unspecified atom stereocenters. The fourth-order valence-electron chi connectivity index (χ4n) is 6.66. The van der Waals surface area contributed by atoms with Crippen LogP contribution in [0.3, 0.4) is 0 Å². The van der Waals surface area contributed by atoms with Crippen molar-refractivity contribution >= 4 is 16.6 Å². The van der Waals surface area contributed by atoms with Crippen LogP contribution in [0.5, 0.6) is 0 Å². The van der Waals surface area contributed by atoms with Crippen LogP contribution in [0.4, 0.5) is 5.69 Å². The van der Waals surface area contributed by atoms with Crippen LogP contribution in [0.15, 0.2) is 84.9 Å². The van der Waals surface area contributed by atoms with E-state index < -0.39 is 0 Å². The zero-order valence-corrected chi connectivity index (χ0v) is 20.1. The van der Waals surface area contributed by atoms with Gasteiger partial charge in [0.2, 0.25) is 0 Å². The molecule has 7 rings (SSSR count). The van der Waals surface area contributed by atoms with Gasteiger partial charge in [0, 0.05) is 33.2 Å². The fraction of sp³-hybridized carbons (Fsp3) is 0.188. The molecule has 0 bridgehead atoms. The van der Waals surface area contributed by atoms with Gasteiger partial charge in [-0.1, -0.05) is 82.3 Å². The van der Waals surface area contributed by atoms with Gasteiger partial charge in [0.25, 0.3) is 0 Å². The molecule has 2 aliphatic rings. The first-order valence-corrected chi connectivity index (χ1v) is 12.1. The first-order valence-electron chi connectivity index (χ1n) is 12.1. The summed E-state index contributed by atoms with van der Waals surface area (Å²) in [6.45, 7) is 9.37. The SMILES string of the molecule is CC1(C)c2ccccc2-c2ccc(-n3c4c(c5ccccc53)C(C)(C)c3ccc(N)cc3-4)cc21. The van der Waals surface area contributed by atoms with Crippen LogP contribution in [0.25, 0.3) is 39.0 Å². The highest BCUT2D eigenvalue weighted by Gasteiger charge is 2.41. The second-order valence-corrected chi connectivity index (χ2v) is 10.9. The molecule has 2 aliphatic carbocycles. The summed E-state index contributed by atoms with van der Waals surface area (Å²) in [5, 5.41) is 1.32. The minimum Gasteiger partial charge on any atom is -0.399 e. The van der Waals surface area contributed by atoms with Crippen molar-refractivity contribution in [3.63, 3.8) is 0 Å². The number of benzene rings is 4. The maximum absolute atomic E-state index is 6.31. The minimum absolute atomic E-state index is 0.0321. The van der Waals surface area contributed by atoms with E-state index in [1.165, 1.54) is 61.2 Å². The molecule has 0 fully saturated rings. The van der Waals surface area contributed by atoms with E-state index in [1.807, 2.05) is 6.07 Å². The smallest absolute Gasteiger partial charge is 0.0585 e. The van der Waals surface area contributed by atoms with E-state index in [4.69, 9.17) is 5.73 Å². The molecule has 4 aromatic carbocycles. The monoisotopic (exact) mass is 440 g/mol. The molecular weight excluding hydrogens is 412 g/mol. The van der Waals surface area contributed by atoms with E-state index in [0.717, 1.165) is 5.69 Å². The summed E-state index contributed by atoms with van der Waals surface area (Å²) >= 11 is 0. The molecular formula is C32H28N2. The number of hydrogen-bond acceptors (Lipinski definition) is 1. The highest BCUT2D eigenvalue weighted by Crippen LogP contribution is 2.55. The van der Waals surface area contributed by atoms with Crippen molar-refractivity contribution in [3.05, 3.63) is 107 Å². The van der Waals surface area contributed by atoms with Crippen molar-refractivity contribution in [1.29, 1.82) is 0 Å². The third-order valence-electron chi connectivity index (χ3n) is 8.30. The molecule has 0 atom stereocenters. The maximum Gasteiger partial charge on any atom is 0.0585 e. The van der Waals surface area contributed by atoms with Gasteiger partial charge in [0.05, 0.1) is 11.2 Å². The molecule has 166 valence electrons. The van der Waals surface area contributed by atoms with E-state index in [0.29, 0.717) is 0 Å². The van der Waals surface area contributed by atoms with Crippen LogP contribution in [0, 0.1) is 0 Å². The average molecular weight is 441 g/mol. The lowest BCUT2D eigenvalue weighted by Gasteiger charge is -2.22. The van der Waals surface area contributed by atoms with Crippen molar-refractivity contribution in [3.8, 4) is 28.1 Å². The van der Waals surface area contributed by atoms with Crippen molar-refractivity contribution in [1.82, 2.24) is 4.57 Å². The predicted molar refractivity (Wildman–Crippen MR) is 143 cm³/mol. The lowest BCUT2D eigenvalue weighted by Crippen LogP contribution is -2.15. The Morgan fingerprint density at radius 1 is 0.618 bits per heavy atom. The average Bonchev–Trinajstić information content (AvgIpc) is 3.37. The summed E-state index contributed by atoms with van der Waals surface area (Å²) in [5.41, 5.74) is 20.2. The highest BCUT2D eigenvalue weighted by atomic mass is 15.0. The van der Waals surface area contributed by atoms with E-state index in [2.05, 4.69) is 111 Å². The zero-order chi connectivity index (χ0) is 23.4. The summed E-state index contributed by atoms with van der Waals surface area (Å²) in [7, 11) is 0. The molecule has 0 saturated carbocycles. The topological polar surface area (TPSA) is 30.9 Å². The Labute approximate surface area is 200 Å². The summed E-state index contributed by atoms with van der Waals surface area (Å²) in [5.74, 6) is 0. The van der Waals surface area contributed by atoms with Gasteiger partial charge >= 0.3 is 0 Å². The first-order chi connectivity index (χ1) is 16.3. The van der Waals surface area contributed by atoms with Crippen molar-refractivity contribution in [2.75, 3.05) is 5.73 Å². The van der Waals surface area contributed by atoms with Crippen LogP contribution in [-0.2, 0) is 10.8 Å². The predicted octanol–water partition coefficient (Wildman–Crippen LogP) is 7.83. The van der Waals surface area contributed by atoms with E-state index >= 15 is 0 Å². The highest BCUT2D eigenvalue weighted by molar-refractivity contribution is 6.00. The Balaban J connectivity index is 1.57. The molecule has 0 amide bonds. The Hall–Kier alpha value is -3.78. The third kappa shape index (κ3) is 2.26. The van der Waals surface area contributed by atoms with Gasteiger partial charge in [-0.05, 0) is 63.7 Å². The van der Waals surface area contributed by atoms with Gasteiger partial charge in [-0.2, -0.15) is 0 Å². The van der Waals surface area contributed by atoms with Gasteiger partial charge < -0.3 is 10.3 Å². The number of hydrogen-bond donors (Lipinski definition) is 1. The van der Waals surface area contributed by atoms with Crippen LogP contribution < -0.4 is 5.73 Å². The zero-order valence-electron chi connectivity index (χ0n) is 20.1. The number of aromatic nitrogens is 1. The number of rotatable bonds is 1. The normalized spacial score (nSPS) is 16.2. The van der Waals surface area contributed by atoms with Crippen molar-refractivity contribution in [2.45, 2.75) is 38.5 Å². The van der Waals surface area contributed by atoms with Gasteiger partial charge in [-0.25, -0.2) is 0 Å². The van der Waals surface area contributed by atoms with Gasteiger partial charge in [-0.3, -0.25) is 0 Å². The molecule has 5 aromatic rings. The molecule has 2 heteroatoms. The largest absolute Gasteiger partial charge is 0.399 e. The first kappa shape index (κ1) is 19.7. The van der Waals surface area contributed by atoms with Gasteiger partial charge in [0.15, 0.2) is 0 Å². The number of para-hydroxylation sites is 1. The van der Waals surface area contributed by atoms with E-state index in [9.17, 15) is 0 Å². The summed E-state index contributed by atoms with van der Waals surface area (Å²) < 4.78 is 2.47. The van der Waals surface area contributed by atoms with Crippen LogP contribution >= 0.6 is 0 Å². The number of nitrogens with two attached hydrogens (primary N) is 1. The fourth-order valence-corrected chi connectivity index (χ4v) is 6.66. The molecule has 1 aromatic heterocycles. The Bertz CT molecular complexity index is 1660. The molecule has 0 saturated heterocycles. The van der Waals surface area contributed by atoms with E-state index in [1.54, 1.807) is 0 Å². The Morgan fingerprint density at radius 2 is 1.32 bits per heavy atom. The number of nitrogen functional groups attached to an aromatic ring is 1. The van der Waals surface area contributed by atoms with Crippen LogP contribution in [0.1, 0.15) is 49.9 Å². The number of nitrogens with zero attached hydrogens (tertiary/aromatic N) is 1. The van der Waals surface area contributed by atoms with Crippen molar-refractivity contribution < 1.29 is 0 Å². The Morgan fingerprint density at radius 3 is 2.18 bits per heavy atom. The summed E-state index contributed by atoms with van der Waals surface area (Å²) in [6.07, 6.45) is 0. The second kappa shape index (κ2) is 6.21. The van der Waals surface area contributed by atoms with Crippen LogP contribution in [0.2, 0.25) is 0 Å². The minimum atomic E-state index is -0.0878. The number of fused-ring (bicyclic) bond motifs is 8. The standard InChI is InChI=1S/C32H28N2/c1-31(2)25-11-7-5-9-21(25)22-15-14-20(18-27(22)31)34-28-12-8-6-10-23(28)29-30(34)24-17-19(33)13-16-26(24)32(29,3)4/h5-18H,33H2,1-4H3. The summed E-state index contributed by atoms with van der Waals surface area (Å²) in [4.78, 5) is 0. The lowest BCUT2D eigenvalue weighted by molar-refractivity contribution is 0.659. The molecule has 0 spiro atoms. The molecule has 0 radical (unpaired) electrons. The third-order valence-corrected chi connectivity index (χ3v) is 8.30. The molecule has 2 nitrogen and oxygen atoms in total. The molecule has 1 heterocycles. The maximum atomic E-state index is 6.31. The number of anilines is 1. The van der Waals surface area contributed by atoms with E-state index in [-0.39, 0.29) is 10.8 Å².